The smallest absolute Gasteiger partial charge is 0.183 e. The van der Waals surface area contributed by atoms with Gasteiger partial charge >= 0.3 is 0 Å². The van der Waals surface area contributed by atoms with Crippen molar-refractivity contribution < 1.29 is 14.3 Å². The molecule has 1 aliphatic heterocycles. The lowest BCUT2D eigenvalue weighted by molar-refractivity contribution is -0.144. The number of ketones is 1. The first-order chi connectivity index (χ1) is 5.20. The third-order valence-corrected chi connectivity index (χ3v) is 1.53. The summed E-state index contributed by atoms with van der Waals surface area (Å²) in [4.78, 5) is 10.9. The third kappa shape index (κ3) is 2.44. The number of carbonyl (C=O) groups is 1. The van der Waals surface area contributed by atoms with E-state index in [0.29, 0.717) is 18.8 Å². The molecule has 0 bridgehead atoms. The van der Waals surface area contributed by atoms with Crippen LogP contribution in [-0.4, -0.2) is 31.7 Å². The summed E-state index contributed by atoms with van der Waals surface area (Å²) in [6, 6.07) is 0. The Kier molecular flexibility index (Phi) is 2.79. The summed E-state index contributed by atoms with van der Waals surface area (Å²) < 4.78 is 10.0. The Labute approximate surface area is 66.0 Å². The van der Waals surface area contributed by atoms with Gasteiger partial charge in [-0.1, -0.05) is 6.58 Å². The van der Waals surface area contributed by atoms with Gasteiger partial charge in [0.15, 0.2) is 5.78 Å². The van der Waals surface area contributed by atoms with Gasteiger partial charge in [-0.05, 0) is 12.5 Å². The van der Waals surface area contributed by atoms with E-state index in [0.717, 1.165) is 0 Å². The van der Waals surface area contributed by atoms with Crippen LogP contribution in [0.1, 0.15) is 6.92 Å². The van der Waals surface area contributed by atoms with Gasteiger partial charge in [0.05, 0.1) is 13.2 Å². The molecule has 0 atom stereocenters. The lowest BCUT2D eigenvalue weighted by Crippen LogP contribution is -2.37. The van der Waals surface area contributed by atoms with E-state index in [1.165, 1.54) is 0 Å². The molecule has 0 aliphatic carbocycles. The molecule has 62 valence electrons. The first kappa shape index (κ1) is 8.43. The first-order valence-corrected chi connectivity index (χ1v) is 3.58. The quantitative estimate of drug-likeness (QED) is 0.557. The van der Waals surface area contributed by atoms with Crippen molar-refractivity contribution in [3.05, 3.63) is 12.2 Å². The summed E-state index contributed by atoms with van der Waals surface area (Å²) in [5, 5.41) is 0. The molecule has 0 aromatic carbocycles. The van der Waals surface area contributed by atoms with Crippen LogP contribution in [0.5, 0.6) is 0 Å². The first-order valence-electron chi connectivity index (χ1n) is 3.58. The fourth-order valence-corrected chi connectivity index (χ4v) is 0.627. The topological polar surface area (TPSA) is 35.5 Å². The van der Waals surface area contributed by atoms with E-state index in [1.807, 2.05) is 0 Å². The Hall–Kier alpha value is -0.670. The summed E-state index contributed by atoms with van der Waals surface area (Å²) in [5.74, 6) is -0.0306. The summed E-state index contributed by atoms with van der Waals surface area (Å²) in [6.07, 6.45) is 0.123. The fourth-order valence-electron chi connectivity index (χ4n) is 0.627. The van der Waals surface area contributed by atoms with Crippen molar-refractivity contribution in [1.29, 1.82) is 0 Å². The van der Waals surface area contributed by atoms with Gasteiger partial charge in [0.25, 0.3) is 0 Å². The molecular formula is C8H12O3. The van der Waals surface area contributed by atoms with Crippen LogP contribution >= 0.6 is 0 Å². The van der Waals surface area contributed by atoms with Gasteiger partial charge in [-0.15, -0.1) is 0 Å². The maximum absolute atomic E-state index is 10.9. The predicted molar refractivity (Wildman–Crippen MR) is 40.4 cm³/mol. The zero-order valence-electron chi connectivity index (χ0n) is 6.63. The molecule has 0 N–H and O–H groups in total. The molecule has 1 heterocycles. The molecule has 0 spiro atoms. The molecule has 3 heteroatoms. The average molecular weight is 156 g/mol. The number of ether oxygens (including phenoxy) is 2. The van der Waals surface area contributed by atoms with E-state index in [-0.39, 0.29) is 18.5 Å². The molecule has 1 rings (SSSR count). The minimum atomic E-state index is -0.0306. The van der Waals surface area contributed by atoms with E-state index in [2.05, 4.69) is 6.58 Å². The summed E-state index contributed by atoms with van der Waals surface area (Å²) in [5.41, 5.74) is 0.547. The molecule has 1 aliphatic rings. The van der Waals surface area contributed by atoms with E-state index in [1.54, 1.807) is 6.92 Å². The highest BCUT2D eigenvalue weighted by molar-refractivity contribution is 5.95. The summed E-state index contributed by atoms with van der Waals surface area (Å²) in [7, 11) is 0. The van der Waals surface area contributed by atoms with Crippen molar-refractivity contribution in [2.45, 2.75) is 13.0 Å². The van der Waals surface area contributed by atoms with E-state index in [4.69, 9.17) is 9.47 Å². The van der Waals surface area contributed by atoms with Gasteiger partial charge in [0.1, 0.15) is 12.7 Å². The van der Waals surface area contributed by atoms with Crippen molar-refractivity contribution in [1.82, 2.24) is 0 Å². The van der Waals surface area contributed by atoms with Crippen LogP contribution in [0.3, 0.4) is 0 Å². The Bertz CT molecular complexity index is 170. The number of carbonyl (C=O) groups excluding carboxylic acids is 1. The SMILES string of the molecule is C=C(C)C(=O)COC1COC1. The highest BCUT2D eigenvalue weighted by atomic mass is 16.6. The van der Waals surface area contributed by atoms with Crippen molar-refractivity contribution in [2.24, 2.45) is 0 Å². The number of Topliss-reactive ketones (excluding diaryl/α,β-unsaturated/α-hetero) is 1. The van der Waals surface area contributed by atoms with Crippen LogP contribution in [-0.2, 0) is 14.3 Å². The molecule has 0 aromatic rings. The van der Waals surface area contributed by atoms with Crippen molar-refractivity contribution >= 4 is 5.78 Å². The van der Waals surface area contributed by atoms with Crippen LogP contribution in [0.2, 0.25) is 0 Å². The lowest BCUT2D eigenvalue weighted by Gasteiger charge is -2.25. The molecule has 11 heavy (non-hydrogen) atoms. The second-order valence-electron chi connectivity index (χ2n) is 2.67. The van der Waals surface area contributed by atoms with Crippen molar-refractivity contribution in [2.75, 3.05) is 19.8 Å². The lowest BCUT2D eigenvalue weighted by atomic mass is 10.2. The second-order valence-corrected chi connectivity index (χ2v) is 2.67. The van der Waals surface area contributed by atoms with Crippen molar-refractivity contribution in [3.63, 3.8) is 0 Å². The van der Waals surface area contributed by atoms with Crippen LogP contribution in [0.25, 0.3) is 0 Å². The Balaban J connectivity index is 2.10. The number of hydrogen-bond acceptors (Lipinski definition) is 3. The monoisotopic (exact) mass is 156 g/mol. The van der Waals surface area contributed by atoms with Gasteiger partial charge in [0, 0.05) is 0 Å². The average Bonchev–Trinajstić information content (AvgIpc) is 1.83. The Morgan fingerprint density at radius 1 is 1.73 bits per heavy atom. The van der Waals surface area contributed by atoms with E-state index < -0.39 is 0 Å². The van der Waals surface area contributed by atoms with E-state index in [9.17, 15) is 4.79 Å². The zero-order valence-corrected chi connectivity index (χ0v) is 6.63. The number of rotatable bonds is 4. The standard InChI is InChI=1S/C8H12O3/c1-6(2)8(9)5-11-7-3-10-4-7/h7H,1,3-5H2,2H3. The highest BCUT2D eigenvalue weighted by Crippen LogP contribution is 2.05. The molecule has 0 unspecified atom stereocenters. The zero-order chi connectivity index (χ0) is 8.27. The van der Waals surface area contributed by atoms with Gasteiger partial charge in [-0.2, -0.15) is 0 Å². The van der Waals surface area contributed by atoms with Gasteiger partial charge < -0.3 is 9.47 Å². The van der Waals surface area contributed by atoms with Crippen molar-refractivity contribution in [3.8, 4) is 0 Å². The Morgan fingerprint density at radius 2 is 2.36 bits per heavy atom. The van der Waals surface area contributed by atoms with Gasteiger partial charge in [-0.25, -0.2) is 0 Å². The molecule has 0 amide bonds. The van der Waals surface area contributed by atoms with Crippen LogP contribution in [0.4, 0.5) is 0 Å². The molecule has 3 nitrogen and oxygen atoms in total. The maximum atomic E-state index is 10.9. The minimum Gasteiger partial charge on any atom is -0.376 e. The van der Waals surface area contributed by atoms with E-state index >= 15 is 0 Å². The minimum absolute atomic E-state index is 0.0306. The molecule has 1 saturated heterocycles. The summed E-state index contributed by atoms with van der Waals surface area (Å²) in [6.45, 7) is 6.57. The normalized spacial score (nSPS) is 17.5. The molecule has 1 fully saturated rings. The van der Waals surface area contributed by atoms with Crippen LogP contribution < -0.4 is 0 Å². The largest absolute Gasteiger partial charge is 0.376 e. The maximum Gasteiger partial charge on any atom is 0.183 e. The molecular weight excluding hydrogens is 144 g/mol. The fraction of sp³-hybridized carbons (Fsp3) is 0.625. The molecule has 0 radical (unpaired) electrons. The van der Waals surface area contributed by atoms with Gasteiger partial charge in [0.2, 0.25) is 0 Å². The van der Waals surface area contributed by atoms with Gasteiger partial charge in [-0.3, -0.25) is 4.79 Å². The highest BCUT2D eigenvalue weighted by Gasteiger charge is 2.19. The Morgan fingerprint density at radius 3 is 2.73 bits per heavy atom. The second kappa shape index (κ2) is 3.64. The molecule has 0 aromatic heterocycles. The molecule has 0 saturated carbocycles. The van der Waals surface area contributed by atoms with Crippen LogP contribution in [0, 0.1) is 0 Å². The van der Waals surface area contributed by atoms with Crippen LogP contribution in [0.15, 0.2) is 12.2 Å². The predicted octanol–water partition coefficient (Wildman–Crippen LogP) is 0.547. The summed E-state index contributed by atoms with van der Waals surface area (Å²) >= 11 is 0. The number of hydrogen-bond donors (Lipinski definition) is 0. The third-order valence-electron chi connectivity index (χ3n) is 1.53.